The van der Waals surface area contributed by atoms with Crippen molar-refractivity contribution in [1.82, 2.24) is 4.31 Å². The molecule has 0 amide bonds. The van der Waals surface area contributed by atoms with Crippen molar-refractivity contribution < 1.29 is 21.6 Å². The zero-order chi connectivity index (χ0) is 14.3. The molecule has 102 valence electrons. The molecule has 2 radical (unpaired) electrons. The molecule has 1 atom stereocenters. The second-order valence-electron chi connectivity index (χ2n) is 4.46. The van der Waals surface area contributed by atoms with E-state index < -0.39 is 21.5 Å². The average molecular weight is 289 g/mol. The molecule has 19 heavy (non-hydrogen) atoms. The Kier molecular flexibility index (Phi) is 3.32. The zero-order valence-corrected chi connectivity index (χ0v) is 10.7. The fraction of sp³-hybridized carbons (Fsp3) is 0.455. The summed E-state index contributed by atoms with van der Waals surface area (Å²) in [4.78, 5) is 0. The predicted octanol–water partition coefficient (Wildman–Crippen LogP) is 1.92. The van der Waals surface area contributed by atoms with Crippen LogP contribution in [0.15, 0.2) is 36.1 Å². The molecule has 1 saturated heterocycles. The number of allylic oxidation sites excluding steroid dienone is 5. The van der Waals surface area contributed by atoms with Gasteiger partial charge in [-0.1, -0.05) is 24.3 Å². The van der Waals surface area contributed by atoms with Crippen LogP contribution in [0.1, 0.15) is 6.42 Å². The standard InChI is InChI=1S/C11H11BF3NO2S/c12-10(11(13,14)15)5-2-1-4-9(8-10)16-6-3-7-19(16,17)18/h1-2,4-5,8H,3,6-7H2. The van der Waals surface area contributed by atoms with E-state index in [-0.39, 0.29) is 18.0 Å². The summed E-state index contributed by atoms with van der Waals surface area (Å²) >= 11 is 0. The minimum atomic E-state index is -4.69. The van der Waals surface area contributed by atoms with E-state index in [1.807, 2.05) is 0 Å². The highest BCUT2D eigenvalue weighted by atomic mass is 32.2. The molecule has 2 aliphatic rings. The lowest BCUT2D eigenvalue weighted by Crippen LogP contribution is -2.31. The van der Waals surface area contributed by atoms with Crippen molar-refractivity contribution in [3.05, 3.63) is 36.1 Å². The van der Waals surface area contributed by atoms with Gasteiger partial charge in [0.1, 0.15) is 0 Å². The van der Waals surface area contributed by atoms with E-state index in [0.717, 1.165) is 16.5 Å². The molecule has 1 heterocycles. The molecule has 1 fully saturated rings. The van der Waals surface area contributed by atoms with Crippen molar-refractivity contribution in [3.8, 4) is 0 Å². The molecule has 0 aromatic heterocycles. The SMILES string of the molecule is [B]C1(C(F)(F)F)C=CC=CC(N2CCCS2(=O)=O)=C1. The Hall–Kier alpha value is -1.18. The highest BCUT2D eigenvalue weighted by molar-refractivity contribution is 7.89. The minimum Gasteiger partial charge on any atom is -0.271 e. The molecule has 8 heteroatoms. The molecule has 1 aliphatic heterocycles. The number of sulfonamides is 1. The first-order valence-electron chi connectivity index (χ1n) is 5.60. The van der Waals surface area contributed by atoms with Gasteiger partial charge in [0, 0.05) is 12.2 Å². The van der Waals surface area contributed by atoms with Crippen molar-refractivity contribution in [2.24, 2.45) is 0 Å². The van der Waals surface area contributed by atoms with Crippen LogP contribution in [0, 0.1) is 0 Å². The molecule has 1 unspecified atom stereocenters. The van der Waals surface area contributed by atoms with Gasteiger partial charge in [0.2, 0.25) is 10.0 Å². The smallest absolute Gasteiger partial charge is 0.271 e. The third-order valence-electron chi connectivity index (χ3n) is 3.02. The van der Waals surface area contributed by atoms with E-state index in [0.29, 0.717) is 6.42 Å². The summed E-state index contributed by atoms with van der Waals surface area (Å²) in [6.07, 6.45) is 1.09. The normalized spacial score (nSPS) is 30.3. The average Bonchev–Trinajstić information content (AvgIpc) is 2.49. The van der Waals surface area contributed by atoms with Gasteiger partial charge in [-0.15, -0.1) is 0 Å². The van der Waals surface area contributed by atoms with Gasteiger partial charge in [-0.2, -0.15) is 13.2 Å². The first-order valence-corrected chi connectivity index (χ1v) is 7.21. The van der Waals surface area contributed by atoms with Crippen molar-refractivity contribution in [2.45, 2.75) is 17.9 Å². The van der Waals surface area contributed by atoms with Crippen molar-refractivity contribution in [3.63, 3.8) is 0 Å². The number of hydrogen-bond acceptors (Lipinski definition) is 2. The van der Waals surface area contributed by atoms with Crippen LogP contribution in [-0.4, -0.2) is 39.0 Å². The molecule has 0 aromatic carbocycles. The predicted molar refractivity (Wildman–Crippen MR) is 66.0 cm³/mol. The molecule has 0 saturated carbocycles. The summed E-state index contributed by atoms with van der Waals surface area (Å²) in [5.74, 6) is -0.0603. The first kappa shape index (κ1) is 14.2. The topological polar surface area (TPSA) is 37.4 Å². The van der Waals surface area contributed by atoms with E-state index in [9.17, 15) is 21.6 Å². The quantitative estimate of drug-likeness (QED) is 0.692. The Morgan fingerprint density at radius 1 is 1.32 bits per heavy atom. The van der Waals surface area contributed by atoms with Gasteiger partial charge in [0.25, 0.3) is 0 Å². The van der Waals surface area contributed by atoms with Crippen molar-refractivity contribution >= 4 is 17.9 Å². The van der Waals surface area contributed by atoms with Crippen LogP contribution < -0.4 is 0 Å². The Bertz CT molecular complexity index is 565. The van der Waals surface area contributed by atoms with Gasteiger partial charge < -0.3 is 0 Å². The van der Waals surface area contributed by atoms with Crippen LogP contribution in [0.3, 0.4) is 0 Å². The Morgan fingerprint density at radius 2 is 2.00 bits per heavy atom. The van der Waals surface area contributed by atoms with Crippen LogP contribution in [0.4, 0.5) is 13.2 Å². The summed E-state index contributed by atoms with van der Waals surface area (Å²) in [6, 6.07) is 0. The van der Waals surface area contributed by atoms with Crippen LogP contribution in [0.5, 0.6) is 0 Å². The molecule has 0 aromatic rings. The maximum atomic E-state index is 12.9. The lowest BCUT2D eigenvalue weighted by atomic mass is 9.67. The molecule has 0 N–H and O–H groups in total. The number of alkyl halides is 3. The van der Waals surface area contributed by atoms with Crippen LogP contribution in [0.2, 0.25) is 5.31 Å². The minimum absolute atomic E-state index is 0.0395. The maximum absolute atomic E-state index is 12.9. The van der Waals surface area contributed by atoms with Gasteiger partial charge in [-0.25, -0.2) is 8.42 Å². The molecule has 3 nitrogen and oxygen atoms in total. The van der Waals surface area contributed by atoms with E-state index in [1.54, 1.807) is 0 Å². The summed E-state index contributed by atoms with van der Waals surface area (Å²) in [7, 11) is 1.80. The van der Waals surface area contributed by atoms with Crippen molar-refractivity contribution in [2.75, 3.05) is 12.3 Å². The van der Waals surface area contributed by atoms with Gasteiger partial charge in [0.05, 0.1) is 18.9 Å². The van der Waals surface area contributed by atoms with Crippen LogP contribution in [-0.2, 0) is 10.0 Å². The number of nitrogens with zero attached hydrogens (tertiary/aromatic N) is 1. The molecular weight excluding hydrogens is 278 g/mol. The molecule has 0 spiro atoms. The molecule has 1 aliphatic carbocycles. The van der Waals surface area contributed by atoms with E-state index in [1.165, 1.54) is 18.2 Å². The number of hydrogen-bond donors (Lipinski definition) is 0. The Balaban J connectivity index is 2.46. The second-order valence-corrected chi connectivity index (χ2v) is 6.47. The summed E-state index contributed by atoms with van der Waals surface area (Å²) in [5, 5.41) is -2.66. The van der Waals surface area contributed by atoms with Gasteiger partial charge in [0.15, 0.2) is 0 Å². The van der Waals surface area contributed by atoms with Crippen LogP contribution in [0.25, 0.3) is 0 Å². The van der Waals surface area contributed by atoms with Crippen molar-refractivity contribution in [1.29, 1.82) is 0 Å². The summed E-state index contributed by atoms with van der Waals surface area (Å²) in [5.41, 5.74) is -0.0395. The fourth-order valence-corrected chi connectivity index (χ4v) is 3.53. The van der Waals surface area contributed by atoms with E-state index in [2.05, 4.69) is 0 Å². The zero-order valence-electron chi connectivity index (χ0n) is 9.89. The van der Waals surface area contributed by atoms with E-state index >= 15 is 0 Å². The molecule has 2 rings (SSSR count). The maximum Gasteiger partial charge on any atom is 0.393 e. The largest absolute Gasteiger partial charge is 0.393 e. The Labute approximate surface area is 110 Å². The monoisotopic (exact) mass is 289 g/mol. The van der Waals surface area contributed by atoms with E-state index in [4.69, 9.17) is 7.85 Å². The third-order valence-corrected chi connectivity index (χ3v) is 4.88. The lowest BCUT2D eigenvalue weighted by Gasteiger charge is -2.28. The number of rotatable bonds is 1. The number of halogens is 3. The van der Waals surface area contributed by atoms with Gasteiger partial charge in [-0.3, -0.25) is 4.31 Å². The summed E-state index contributed by atoms with van der Waals surface area (Å²) in [6.45, 7) is 0.173. The highest BCUT2D eigenvalue weighted by Gasteiger charge is 2.48. The van der Waals surface area contributed by atoms with Crippen LogP contribution >= 0.6 is 0 Å². The Morgan fingerprint density at radius 3 is 2.53 bits per heavy atom. The first-order chi connectivity index (χ1) is 8.66. The lowest BCUT2D eigenvalue weighted by molar-refractivity contribution is -0.142. The molecular formula is C11H11BF3NO2S. The van der Waals surface area contributed by atoms with Gasteiger partial charge >= 0.3 is 6.18 Å². The third kappa shape index (κ3) is 2.58. The fourth-order valence-electron chi connectivity index (χ4n) is 1.97. The molecule has 0 bridgehead atoms. The van der Waals surface area contributed by atoms with Gasteiger partial charge in [-0.05, 0) is 12.5 Å². The second kappa shape index (κ2) is 4.43. The highest BCUT2D eigenvalue weighted by Crippen LogP contribution is 2.46. The summed E-state index contributed by atoms with van der Waals surface area (Å²) < 4.78 is 63.3.